The zero-order valence-electron chi connectivity index (χ0n) is 28.5. The summed E-state index contributed by atoms with van der Waals surface area (Å²) in [6.07, 6.45) is 2.42. The molecule has 0 radical (unpaired) electrons. The first-order chi connectivity index (χ1) is 23.5. The molecule has 0 amide bonds. The second-order valence-electron chi connectivity index (χ2n) is 11.9. The lowest BCUT2D eigenvalue weighted by Crippen LogP contribution is -2.25. The summed E-state index contributed by atoms with van der Waals surface area (Å²) in [5.41, 5.74) is 2.85. The Hall–Kier alpha value is -4.55. The van der Waals surface area contributed by atoms with Crippen molar-refractivity contribution in [1.29, 1.82) is 0 Å². The van der Waals surface area contributed by atoms with Gasteiger partial charge in [-0.1, -0.05) is 72.8 Å². The molecule has 5 rings (SSSR count). The number of anilines is 2. The first kappa shape index (κ1) is 35.7. The summed E-state index contributed by atoms with van der Waals surface area (Å²) < 4.78 is 19.2. The van der Waals surface area contributed by atoms with Gasteiger partial charge in [0.05, 0.1) is 6.21 Å². The molecule has 5 aromatic carbocycles. The Morgan fingerprint density at radius 3 is 1.61 bits per heavy atom. The highest BCUT2D eigenvalue weighted by Crippen LogP contribution is 2.62. The van der Waals surface area contributed by atoms with Crippen LogP contribution in [0.15, 0.2) is 143 Å². The largest absolute Gasteiger partial charge is 0.508 e. The van der Waals surface area contributed by atoms with Crippen LogP contribution in [0.4, 0.5) is 11.4 Å². The first-order valence-corrected chi connectivity index (χ1v) is 20.4. The Balaban J connectivity index is 1.66. The predicted molar refractivity (Wildman–Crippen MR) is 212 cm³/mol. The first-order valence-electron chi connectivity index (χ1n) is 15.9. The normalized spacial score (nSPS) is 11.6. The molecule has 0 unspecified atom stereocenters. The minimum atomic E-state index is -3.45. The molecular weight excluding hydrogens is 668 g/mol. The molecule has 0 spiro atoms. The van der Waals surface area contributed by atoms with E-state index in [-0.39, 0.29) is 5.75 Å². The highest BCUT2D eigenvalue weighted by molar-refractivity contribution is 8.11. The van der Waals surface area contributed by atoms with Gasteiger partial charge in [0, 0.05) is 90.3 Å². The molecule has 0 heterocycles. The molecule has 11 heteroatoms. The summed E-state index contributed by atoms with van der Waals surface area (Å²) in [7, 11) is 7.25. The van der Waals surface area contributed by atoms with E-state index in [0.717, 1.165) is 27.5 Å². The van der Waals surface area contributed by atoms with Crippen LogP contribution in [0.5, 0.6) is 17.2 Å². The molecule has 0 atom stereocenters. The fourth-order valence-electron chi connectivity index (χ4n) is 5.12. The van der Waals surface area contributed by atoms with E-state index in [0.29, 0.717) is 24.2 Å². The number of hydrazone groups is 1. The number of rotatable bonds is 14. The molecule has 0 aliphatic rings. The third kappa shape index (κ3) is 9.54. The van der Waals surface area contributed by atoms with Crippen molar-refractivity contribution in [2.24, 2.45) is 9.62 Å². The number of benzene rings is 5. The maximum absolute atomic E-state index is 9.69. The summed E-state index contributed by atoms with van der Waals surface area (Å²) in [5, 5.41) is 18.5. The quantitative estimate of drug-likeness (QED) is 0.0711. The van der Waals surface area contributed by atoms with Crippen molar-refractivity contribution < 1.29 is 14.2 Å². The van der Waals surface area contributed by atoms with E-state index in [1.54, 1.807) is 18.3 Å². The van der Waals surface area contributed by atoms with Crippen LogP contribution in [-0.4, -0.2) is 64.3 Å². The van der Waals surface area contributed by atoms with Crippen LogP contribution in [0.2, 0.25) is 0 Å². The van der Waals surface area contributed by atoms with Gasteiger partial charge in [-0.15, -0.1) is 0 Å². The number of phenols is 1. The minimum Gasteiger partial charge on any atom is -0.508 e. The van der Waals surface area contributed by atoms with E-state index >= 15 is 0 Å². The molecule has 0 aliphatic heterocycles. The number of phenolic OH excluding ortho intramolecular Hbond substituents is 1. The van der Waals surface area contributed by atoms with E-state index in [9.17, 15) is 5.11 Å². The van der Waals surface area contributed by atoms with Crippen molar-refractivity contribution in [3.8, 4) is 17.2 Å². The Bertz CT molecular complexity index is 1850. The van der Waals surface area contributed by atoms with Gasteiger partial charge in [-0.2, -0.15) is 9.62 Å². The molecule has 254 valence electrons. The maximum Gasteiger partial charge on any atom is 0.413 e. The highest BCUT2D eigenvalue weighted by atomic mass is 32.5. The molecule has 0 fully saturated rings. The van der Waals surface area contributed by atoms with Gasteiger partial charge >= 0.3 is 6.64 Å². The summed E-state index contributed by atoms with van der Waals surface area (Å²) in [5.74, 6) is 1.41. The van der Waals surface area contributed by atoms with Crippen molar-refractivity contribution in [2.75, 3.05) is 57.7 Å². The molecule has 1 N–H and O–H groups in total. The highest BCUT2D eigenvalue weighted by Gasteiger charge is 2.33. The maximum atomic E-state index is 9.69. The Labute approximate surface area is 295 Å². The van der Waals surface area contributed by atoms with Gasteiger partial charge in [0.25, 0.3) is 0 Å². The zero-order valence-corrected chi connectivity index (χ0v) is 31.1. The number of hydrogen-bond donors (Lipinski definition) is 1. The van der Waals surface area contributed by atoms with Gasteiger partial charge in [-0.25, -0.2) is 0 Å². The summed E-state index contributed by atoms with van der Waals surface area (Å²) >= 11 is 6.47. The third-order valence-corrected chi connectivity index (χ3v) is 15.0. The molecule has 5 aromatic rings. The smallest absolute Gasteiger partial charge is 0.413 e. The molecule has 0 aromatic heterocycles. The van der Waals surface area contributed by atoms with E-state index < -0.39 is 13.7 Å². The monoisotopic (exact) mass is 711 g/mol. The van der Waals surface area contributed by atoms with Gasteiger partial charge < -0.3 is 24.0 Å². The van der Waals surface area contributed by atoms with Gasteiger partial charge in [-0.3, -0.25) is 5.01 Å². The van der Waals surface area contributed by atoms with Crippen LogP contribution >= 0.6 is 13.7 Å². The van der Waals surface area contributed by atoms with Crippen LogP contribution in [0.25, 0.3) is 0 Å². The van der Waals surface area contributed by atoms with Crippen LogP contribution in [-0.2, 0) is 11.8 Å². The second-order valence-corrected chi connectivity index (χ2v) is 18.3. The van der Waals surface area contributed by atoms with E-state index in [4.69, 9.17) is 30.5 Å². The van der Waals surface area contributed by atoms with Crippen LogP contribution < -0.4 is 29.5 Å². The molecule has 0 saturated carbocycles. The van der Waals surface area contributed by atoms with Crippen molar-refractivity contribution >= 4 is 53.7 Å². The van der Waals surface area contributed by atoms with Crippen LogP contribution in [0.3, 0.4) is 0 Å². The fraction of sp³-hybridized carbons (Fsp3) is 0.184. The predicted octanol–water partition coefficient (Wildman–Crippen LogP) is 8.02. The SMILES string of the molecule is CN(CCP(=NP(=S)(Oc1cccc(N(C)C)c1)Oc1cccc(N(C)C)c1)(c1ccccc1)c1ccccc1)/N=C/c1ccc(O)cc1. The van der Waals surface area contributed by atoms with Gasteiger partial charge in [0.15, 0.2) is 0 Å². The summed E-state index contributed by atoms with van der Waals surface area (Å²) in [6.45, 7) is -2.87. The zero-order chi connectivity index (χ0) is 34.9. The van der Waals surface area contributed by atoms with Crippen molar-refractivity contribution in [3.63, 3.8) is 0 Å². The van der Waals surface area contributed by atoms with E-state index in [2.05, 4.69) is 24.3 Å². The lowest BCUT2D eigenvalue weighted by Gasteiger charge is -2.31. The average molecular weight is 712 g/mol. The average Bonchev–Trinajstić information content (AvgIpc) is 3.10. The number of nitrogens with zero attached hydrogens (tertiary/aromatic N) is 5. The van der Waals surface area contributed by atoms with E-state index in [1.165, 1.54) is 0 Å². The van der Waals surface area contributed by atoms with Crippen molar-refractivity contribution in [2.45, 2.75) is 0 Å². The standard InChI is InChI=1S/C38H43N5O3P2S/c1-41(2)32-14-12-16-35(28-32)45-48(49,46-36-17-13-15-33(29-36)42(3)4)40-47(37-18-8-6-9-19-37,38-20-10-7-11-21-38)27-26-43(5)39-30-31-22-24-34(44)25-23-31/h6-25,28-30,44H,26-27H2,1-5H3/b39-30+. The fourth-order valence-corrected chi connectivity index (χ4v) is 13.3. The molecular formula is C38H43N5O3P2S. The lowest BCUT2D eigenvalue weighted by atomic mass is 10.2. The number of aromatic hydroxyl groups is 1. The van der Waals surface area contributed by atoms with Crippen molar-refractivity contribution in [3.05, 3.63) is 139 Å². The topological polar surface area (TPSA) is 73.1 Å². The van der Waals surface area contributed by atoms with Gasteiger partial charge in [-0.05, 0) is 64.7 Å². The van der Waals surface area contributed by atoms with Crippen LogP contribution in [0.1, 0.15) is 5.56 Å². The van der Waals surface area contributed by atoms with Gasteiger partial charge in [0.2, 0.25) is 0 Å². The Morgan fingerprint density at radius 1 is 0.653 bits per heavy atom. The molecule has 0 bridgehead atoms. The third-order valence-electron chi connectivity index (χ3n) is 7.78. The summed E-state index contributed by atoms with van der Waals surface area (Å²) in [4.78, 5) is 4.04. The molecule has 49 heavy (non-hydrogen) atoms. The van der Waals surface area contributed by atoms with E-state index in [1.807, 2.05) is 147 Å². The minimum absolute atomic E-state index is 0.217. The lowest BCUT2D eigenvalue weighted by molar-refractivity contribution is 0.380. The Kier molecular flexibility index (Phi) is 11.8. The van der Waals surface area contributed by atoms with Crippen LogP contribution in [0, 0.1) is 0 Å². The van der Waals surface area contributed by atoms with Crippen molar-refractivity contribution in [1.82, 2.24) is 5.01 Å². The van der Waals surface area contributed by atoms with Gasteiger partial charge in [0.1, 0.15) is 17.2 Å². The molecule has 8 nitrogen and oxygen atoms in total. The molecule has 0 saturated heterocycles. The molecule has 0 aliphatic carbocycles. The summed E-state index contributed by atoms with van der Waals surface area (Å²) in [6, 6.07) is 43.4. The number of hydrogen-bond acceptors (Lipinski definition) is 8. The Morgan fingerprint density at radius 2 is 1.14 bits per heavy atom. The second kappa shape index (κ2) is 16.2.